The minimum atomic E-state index is -0.657. The Labute approximate surface area is 214 Å². The Balaban J connectivity index is 1.67. The van der Waals surface area contributed by atoms with E-state index in [1.165, 1.54) is 0 Å². The molecule has 1 aliphatic heterocycles. The zero-order valence-corrected chi connectivity index (χ0v) is 21.3. The molecule has 3 aromatic heterocycles. The molecule has 4 heterocycles. The topological polar surface area (TPSA) is 118 Å². The van der Waals surface area contributed by atoms with Crippen LogP contribution in [-0.4, -0.2) is 73.9 Å². The molecule has 194 valence electrons. The van der Waals surface area contributed by atoms with Crippen LogP contribution in [0.3, 0.4) is 0 Å². The maximum atomic E-state index is 12.4. The Morgan fingerprint density at radius 3 is 2.70 bits per heavy atom. The SMILES string of the molecule is COCC(Cc1c(C(N)=O)oc2c(N3CCOCC3)cc(-n3ccc(-c4cccc(C)c4)n3)nc12)OC. The summed E-state index contributed by atoms with van der Waals surface area (Å²) >= 11 is 0. The van der Waals surface area contributed by atoms with Crippen molar-refractivity contribution in [2.45, 2.75) is 19.4 Å². The third kappa shape index (κ3) is 5.08. The molecule has 2 N–H and O–H groups in total. The Bertz CT molecular complexity index is 1410. The van der Waals surface area contributed by atoms with Crippen LogP contribution in [0.25, 0.3) is 28.2 Å². The first kappa shape index (κ1) is 24.9. The van der Waals surface area contributed by atoms with Crippen LogP contribution in [-0.2, 0) is 20.6 Å². The summed E-state index contributed by atoms with van der Waals surface area (Å²) in [5.74, 6) is 0.0236. The van der Waals surface area contributed by atoms with Gasteiger partial charge in [-0.15, -0.1) is 0 Å². The first-order chi connectivity index (χ1) is 18.0. The third-order valence-electron chi connectivity index (χ3n) is 6.53. The number of carbonyl (C=O) groups excluding carboxylic acids is 1. The molecule has 0 saturated carbocycles. The number of primary amides is 1. The number of nitrogens with zero attached hydrogens (tertiary/aromatic N) is 4. The van der Waals surface area contributed by atoms with Crippen molar-refractivity contribution in [3.8, 4) is 17.1 Å². The van der Waals surface area contributed by atoms with E-state index in [4.69, 9.17) is 34.4 Å². The number of hydrogen-bond acceptors (Lipinski definition) is 8. The van der Waals surface area contributed by atoms with Gasteiger partial charge in [0, 0.05) is 57.1 Å². The molecule has 1 atom stereocenters. The number of anilines is 1. The highest BCUT2D eigenvalue weighted by atomic mass is 16.5. The number of hydrogen-bond donors (Lipinski definition) is 1. The molecule has 4 aromatic rings. The Morgan fingerprint density at radius 1 is 1.19 bits per heavy atom. The van der Waals surface area contributed by atoms with E-state index in [1.807, 2.05) is 30.5 Å². The van der Waals surface area contributed by atoms with E-state index in [9.17, 15) is 4.79 Å². The number of aryl methyl sites for hydroxylation is 1. The molecule has 0 radical (unpaired) electrons. The second kappa shape index (κ2) is 10.7. The van der Waals surface area contributed by atoms with Gasteiger partial charge in [-0.2, -0.15) is 5.10 Å². The predicted octanol–water partition coefficient (Wildman–Crippen LogP) is 3.13. The van der Waals surface area contributed by atoms with Gasteiger partial charge in [0.15, 0.2) is 17.2 Å². The van der Waals surface area contributed by atoms with Gasteiger partial charge in [0.25, 0.3) is 5.91 Å². The van der Waals surface area contributed by atoms with E-state index in [-0.39, 0.29) is 11.9 Å². The van der Waals surface area contributed by atoms with Crippen molar-refractivity contribution in [3.63, 3.8) is 0 Å². The number of fused-ring (bicyclic) bond motifs is 1. The number of nitrogens with two attached hydrogens (primary N) is 1. The number of aromatic nitrogens is 3. The number of morpholine rings is 1. The molecule has 1 aliphatic rings. The zero-order valence-electron chi connectivity index (χ0n) is 21.3. The van der Waals surface area contributed by atoms with E-state index >= 15 is 0 Å². The number of pyridine rings is 1. The highest BCUT2D eigenvalue weighted by molar-refractivity contribution is 6.00. The molecular weight excluding hydrogens is 474 g/mol. The summed E-state index contributed by atoms with van der Waals surface area (Å²) in [7, 11) is 3.20. The van der Waals surface area contributed by atoms with Crippen LogP contribution >= 0.6 is 0 Å². The maximum absolute atomic E-state index is 12.4. The Kier molecular flexibility index (Phi) is 7.22. The maximum Gasteiger partial charge on any atom is 0.284 e. The van der Waals surface area contributed by atoms with E-state index < -0.39 is 5.91 Å². The molecule has 10 heteroatoms. The number of furan rings is 1. The Morgan fingerprint density at radius 2 is 2.00 bits per heavy atom. The molecule has 10 nitrogen and oxygen atoms in total. The molecular formula is C27H31N5O5. The fourth-order valence-electron chi connectivity index (χ4n) is 4.66. The van der Waals surface area contributed by atoms with Gasteiger partial charge in [-0.1, -0.05) is 23.8 Å². The predicted molar refractivity (Wildman–Crippen MR) is 139 cm³/mol. The van der Waals surface area contributed by atoms with Gasteiger partial charge < -0.3 is 29.3 Å². The van der Waals surface area contributed by atoms with Crippen LogP contribution < -0.4 is 10.6 Å². The average molecular weight is 506 g/mol. The number of amides is 1. The molecule has 1 unspecified atom stereocenters. The molecule has 1 aromatic carbocycles. The van der Waals surface area contributed by atoms with Crippen molar-refractivity contribution in [3.05, 3.63) is 59.5 Å². The first-order valence-electron chi connectivity index (χ1n) is 12.2. The number of ether oxygens (including phenoxy) is 3. The van der Waals surface area contributed by atoms with Crippen molar-refractivity contribution in [2.75, 3.05) is 52.0 Å². The molecule has 0 spiro atoms. The van der Waals surface area contributed by atoms with Crippen LogP contribution in [0, 0.1) is 6.92 Å². The van der Waals surface area contributed by atoms with Crippen LogP contribution in [0.4, 0.5) is 5.69 Å². The normalized spacial score (nSPS) is 14.8. The third-order valence-corrected chi connectivity index (χ3v) is 6.53. The molecule has 1 saturated heterocycles. The molecule has 1 amide bonds. The van der Waals surface area contributed by atoms with E-state index in [2.05, 4.69) is 24.0 Å². The molecule has 1 fully saturated rings. The number of benzene rings is 1. The lowest BCUT2D eigenvalue weighted by atomic mass is 10.1. The fraction of sp³-hybridized carbons (Fsp3) is 0.370. The Hall–Kier alpha value is -3.73. The monoisotopic (exact) mass is 505 g/mol. The summed E-state index contributed by atoms with van der Waals surface area (Å²) in [6.45, 7) is 4.94. The summed E-state index contributed by atoms with van der Waals surface area (Å²) in [6, 6.07) is 12.1. The molecule has 0 aliphatic carbocycles. The van der Waals surface area contributed by atoms with E-state index in [0.717, 1.165) is 22.5 Å². The summed E-state index contributed by atoms with van der Waals surface area (Å²) < 4.78 is 24.3. The van der Waals surface area contributed by atoms with Gasteiger partial charge in [-0.25, -0.2) is 9.67 Å². The molecule has 0 bridgehead atoms. The lowest BCUT2D eigenvalue weighted by molar-refractivity contribution is 0.0288. The van der Waals surface area contributed by atoms with Crippen LogP contribution in [0.1, 0.15) is 21.7 Å². The first-order valence-corrected chi connectivity index (χ1v) is 12.2. The van der Waals surface area contributed by atoms with Crippen molar-refractivity contribution in [1.82, 2.24) is 14.8 Å². The summed E-state index contributed by atoms with van der Waals surface area (Å²) in [5, 5.41) is 4.81. The van der Waals surface area contributed by atoms with E-state index in [0.29, 0.717) is 61.8 Å². The standard InChI is InChI=1S/C27H31N5O5/c1-17-5-4-6-18(13-17)21-7-8-32(30-21)23-15-22(31-9-11-36-12-10-31)26-24(29-23)20(25(37-26)27(28)33)14-19(35-3)16-34-2/h4-8,13,15,19H,9-12,14,16H2,1-3H3,(H2,28,33). The summed E-state index contributed by atoms with van der Waals surface area (Å²) in [5.41, 5.74) is 11.2. The highest BCUT2D eigenvalue weighted by Gasteiger charge is 2.28. The second-order valence-electron chi connectivity index (χ2n) is 9.08. The van der Waals surface area contributed by atoms with Gasteiger partial charge in [0.1, 0.15) is 5.52 Å². The summed E-state index contributed by atoms with van der Waals surface area (Å²) in [4.78, 5) is 19.5. The van der Waals surface area contributed by atoms with Crippen LogP contribution in [0.5, 0.6) is 0 Å². The lowest BCUT2D eigenvalue weighted by Crippen LogP contribution is -2.36. The van der Waals surface area contributed by atoms with Gasteiger partial charge in [0.05, 0.1) is 37.3 Å². The summed E-state index contributed by atoms with van der Waals surface area (Å²) in [6.07, 6.45) is 1.92. The van der Waals surface area contributed by atoms with Crippen molar-refractivity contribution in [1.29, 1.82) is 0 Å². The number of rotatable bonds is 9. The largest absolute Gasteiger partial charge is 0.447 e. The molecule has 5 rings (SSSR count). The van der Waals surface area contributed by atoms with Crippen molar-refractivity contribution >= 4 is 22.7 Å². The van der Waals surface area contributed by atoms with Gasteiger partial charge in [0.2, 0.25) is 0 Å². The number of carbonyl (C=O) groups is 1. The van der Waals surface area contributed by atoms with Gasteiger partial charge in [-0.3, -0.25) is 4.79 Å². The fourth-order valence-corrected chi connectivity index (χ4v) is 4.66. The van der Waals surface area contributed by atoms with Gasteiger partial charge in [-0.05, 0) is 19.1 Å². The van der Waals surface area contributed by atoms with Crippen LogP contribution in [0.15, 0.2) is 47.0 Å². The smallest absolute Gasteiger partial charge is 0.284 e. The minimum Gasteiger partial charge on any atom is -0.447 e. The second-order valence-corrected chi connectivity index (χ2v) is 9.08. The zero-order chi connectivity index (χ0) is 25.9. The van der Waals surface area contributed by atoms with E-state index in [1.54, 1.807) is 18.9 Å². The molecule has 37 heavy (non-hydrogen) atoms. The van der Waals surface area contributed by atoms with Gasteiger partial charge >= 0.3 is 0 Å². The highest BCUT2D eigenvalue weighted by Crippen LogP contribution is 2.35. The van der Waals surface area contributed by atoms with Crippen molar-refractivity contribution in [2.24, 2.45) is 5.73 Å². The van der Waals surface area contributed by atoms with Crippen molar-refractivity contribution < 1.29 is 23.4 Å². The van der Waals surface area contributed by atoms with Crippen LogP contribution in [0.2, 0.25) is 0 Å². The lowest BCUT2D eigenvalue weighted by Gasteiger charge is -2.29. The quantitative estimate of drug-likeness (QED) is 0.369. The minimum absolute atomic E-state index is 0.0771. The number of methoxy groups -OCH3 is 2. The average Bonchev–Trinajstić information content (AvgIpc) is 3.54.